The summed E-state index contributed by atoms with van der Waals surface area (Å²) in [7, 11) is 0. The smallest absolute Gasteiger partial charge is 0.126 e. The molecular formula is C17H18BrF. The topological polar surface area (TPSA) is 0 Å². The molecule has 0 saturated heterocycles. The third-order valence-corrected chi connectivity index (χ3v) is 4.41. The van der Waals surface area contributed by atoms with Gasteiger partial charge in [0.1, 0.15) is 5.82 Å². The number of aryl methyl sites for hydroxylation is 2. The number of alkyl halides is 1. The SMILES string of the molecule is Cc1cccc(C)c1CC(CBr)c1ccccc1F. The molecule has 0 radical (unpaired) electrons. The lowest BCUT2D eigenvalue weighted by atomic mass is 9.89. The Bertz CT molecular complexity index is 543. The molecule has 0 fully saturated rings. The maximum Gasteiger partial charge on any atom is 0.126 e. The van der Waals surface area contributed by atoms with Crippen LogP contribution in [0.2, 0.25) is 0 Å². The van der Waals surface area contributed by atoms with E-state index in [4.69, 9.17) is 0 Å². The van der Waals surface area contributed by atoms with E-state index in [0.29, 0.717) is 0 Å². The summed E-state index contributed by atoms with van der Waals surface area (Å²) >= 11 is 3.53. The summed E-state index contributed by atoms with van der Waals surface area (Å²) in [6.07, 6.45) is 0.866. The predicted octanol–water partition coefficient (Wildman–Crippen LogP) is 5.16. The van der Waals surface area contributed by atoms with Gasteiger partial charge < -0.3 is 0 Å². The van der Waals surface area contributed by atoms with E-state index in [1.807, 2.05) is 12.1 Å². The maximum atomic E-state index is 13.9. The molecule has 100 valence electrons. The summed E-state index contributed by atoms with van der Waals surface area (Å²) in [5.74, 6) is 0.0548. The lowest BCUT2D eigenvalue weighted by Gasteiger charge is -2.18. The first-order valence-corrected chi connectivity index (χ1v) is 7.61. The molecule has 0 N–H and O–H groups in total. The van der Waals surface area contributed by atoms with E-state index >= 15 is 0 Å². The molecule has 2 heteroatoms. The molecule has 2 aromatic rings. The number of benzene rings is 2. The first-order valence-electron chi connectivity index (χ1n) is 6.49. The molecule has 0 saturated carbocycles. The van der Waals surface area contributed by atoms with Crippen molar-refractivity contribution in [2.24, 2.45) is 0 Å². The normalized spacial score (nSPS) is 12.4. The Balaban J connectivity index is 2.32. The molecule has 0 aliphatic heterocycles. The third-order valence-electron chi connectivity index (χ3n) is 3.63. The van der Waals surface area contributed by atoms with Gasteiger partial charge in [-0.05, 0) is 48.6 Å². The Labute approximate surface area is 122 Å². The third kappa shape index (κ3) is 3.24. The van der Waals surface area contributed by atoms with E-state index in [-0.39, 0.29) is 11.7 Å². The van der Waals surface area contributed by atoms with Crippen molar-refractivity contribution < 1.29 is 4.39 Å². The van der Waals surface area contributed by atoms with Crippen molar-refractivity contribution in [3.8, 4) is 0 Å². The van der Waals surface area contributed by atoms with E-state index in [0.717, 1.165) is 17.3 Å². The van der Waals surface area contributed by atoms with Gasteiger partial charge in [0.2, 0.25) is 0 Å². The number of hydrogen-bond donors (Lipinski definition) is 0. The molecule has 0 aliphatic carbocycles. The molecule has 0 heterocycles. The van der Waals surface area contributed by atoms with Crippen LogP contribution in [-0.4, -0.2) is 5.33 Å². The lowest BCUT2D eigenvalue weighted by Crippen LogP contribution is -2.09. The van der Waals surface area contributed by atoms with Crippen LogP contribution in [0.4, 0.5) is 4.39 Å². The van der Waals surface area contributed by atoms with Crippen molar-refractivity contribution in [1.82, 2.24) is 0 Å². The summed E-state index contributed by atoms with van der Waals surface area (Å²) in [6, 6.07) is 13.4. The minimum absolute atomic E-state index is 0.113. The van der Waals surface area contributed by atoms with Crippen molar-refractivity contribution in [2.75, 3.05) is 5.33 Å². The van der Waals surface area contributed by atoms with Gasteiger partial charge in [-0.15, -0.1) is 0 Å². The quantitative estimate of drug-likeness (QED) is 0.682. The van der Waals surface area contributed by atoms with Gasteiger partial charge in [0.05, 0.1) is 0 Å². The van der Waals surface area contributed by atoms with Gasteiger partial charge >= 0.3 is 0 Å². The maximum absolute atomic E-state index is 13.9. The fraction of sp³-hybridized carbons (Fsp3) is 0.294. The molecule has 0 aromatic heterocycles. The van der Waals surface area contributed by atoms with E-state index in [2.05, 4.69) is 48.0 Å². The summed E-state index contributed by atoms with van der Waals surface area (Å²) in [5, 5.41) is 0.766. The standard InChI is InChI=1S/C17H18BrF/c1-12-6-5-7-13(2)16(12)10-14(11-18)15-8-3-4-9-17(15)19/h3-9,14H,10-11H2,1-2H3. The molecule has 2 rings (SSSR count). The van der Waals surface area contributed by atoms with Gasteiger partial charge in [-0.2, -0.15) is 0 Å². The molecule has 0 spiro atoms. The van der Waals surface area contributed by atoms with Crippen molar-refractivity contribution in [1.29, 1.82) is 0 Å². The van der Waals surface area contributed by atoms with Crippen molar-refractivity contribution in [3.63, 3.8) is 0 Å². The van der Waals surface area contributed by atoms with E-state index in [1.165, 1.54) is 22.8 Å². The van der Waals surface area contributed by atoms with Gasteiger partial charge in [0.15, 0.2) is 0 Å². The minimum atomic E-state index is -0.113. The summed E-state index contributed by atoms with van der Waals surface area (Å²) in [4.78, 5) is 0. The fourth-order valence-electron chi connectivity index (χ4n) is 2.47. The van der Waals surface area contributed by atoms with Gasteiger partial charge in [-0.1, -0.05) is 52.3 Å². The van der Waals surface area contributed by atoms with Crippen LogP contribution in [0.25, 0.3) is 0 Å². The Morgan fingerprint density at radius 1 is 1.00 bits per heavy atom. The molecule has 1 atom stereocenters. The van der Waals surface area contributed by atoms with Crippen LogP contribution in [0.5, 0.6) is 0 Å². The highest BCUT2D eigenvalue weighted by Crippen LogP contribution is 2.28. The van der Waals surface area contributed by atoms with Crippen LogP contribution in [0, 0.1) is 19.7 Å². The van der Waals surface area contributed by atoms with E-state index in [9.17, 15) is 4.39 Å². The monoisotopic (exact) mass is 320 g/mol. The summed E-state index contributed by atoms with van der Waals surface area (Å²) in [6.45, 7) is 4.24. The second kappa shape index (κ2) is 6.33. The molecule has 0 nitrogen and oxygen atoms in total. The predicted molar refractivity (Wildman–Crippen MR) is 82.6 cm³/mol. The average Bonchev–Trinajstić information content (AvgIpc) is 2.40. The largest absolute Gasteiger partial charge is 0.207 e. The van der Waals surface area contributed by atoms with Crippen LogP contribution in [-0.2, 0) is 6.42 Å². The van der Waals surface area contributed by atoms with Crippen molar-refractivity contribution in [2.45, 2.75) is 26.2 Å². The lowest BCUT2D eigenvalue weighted by molar-refractivity contribution is 0.590. The minimum Gasteiger partial charge on any atom is -0.207 e. The zero-order valence-electron chi connectivity index (χ0n) is 11.3. The highest BCUT2D eigenvalue weighted by Gasteiger charge is 2.16. The fourth-order valence-corrected chi connectivity index (χ4v) is 3.05. The Hall–Kier alpha value is -1.15. The average molecular weight is 321 g/mol. The molecule has 0 bridgehead atoms. The first-order chi connectivity index (χ1) is 9.13. The van der Waals surface area contributed by atoms with E-state index in [1.54, 1.807) is 6.07 Å². The van der Waals surface area contributed by atoms with E-state index < -0.39 is 0 Å². The Morgan fingerprint density at radius 2 is 1.63 bits per heavy atom. The second-order valence-electron chi connectivity index (χ2n) is 4.95. The number of halogens is 2. The van der Waals surface area contributed by atoms with Gasteiger partial charge in [0, 0.05) is 11.2 Å². The zero-order valence-corrected chi connectivity index (χ0v) is 12.9. The van der Waals surface area contributed by atoms with Crippen LogP contribution in [0.15, 0.2) is 42.5 Å². The van der Waals surface area contributed by atoms with Gasteiger partial charge in [-0.3, -0.25) is 0 Å². The van der Waals surface area contributed by atoms with Crippen molar-refractivity contribution >= 4 is 15.9 Å². The second-order valence-corrected chi connectivity index (χ2v) is 5.59. The molecule has 1 unspecified atom stereocenters. The Kier molecular flexibility index (Phi) is 4.76. The zero-order chi connectivity index (χ0) is 13.8. The number of rotatable bonds is 4. The van der Waals surface area contributed by atoms with Crippen molar-refractivity contribution in [3.05, 3.63) is 70.5 Å². The van der Waals surface area contributed by atoms with Crippen LogP contribution in [0.1, 0.15) is 28.2 Å². The van der Waals surface area contributed by atoms with Crippen LogP contribution in [0.3, 0.4) is 0 Å². The van der Waals surface area contributed by atoms with Crippen LogP contribution < -0.4 is 0 Å². The summed E-state index contributed by atoms with van der Waals surface area (Å²) < 4.78 is 13.9. The summed E-state index contributed by atoms with van der Waals surface area (Å²) in [5.41, 5.74) is 4.68. The highest BCUT2D eigenvalue weighted by atomic mass is 79.9. The van der Waals surface area contributed by atoms with Gasteiger partial charge in [-0.25, -0.2) is 4.39 Å². The first kappa shape index (κ1) is 14.3. The van der Waals surface area contributed by atoms with Crippen LogP contribution >= 0.6 is 15.9 Å². The molecular weight excluding hydrogens is 303 g/mol. The molecule has 0 amide bonds. The number of hydrogen-bond acceptors (Lipinski definition) is 0. The molecule has 2 aromatic carbocycles. The molecule has 0 aliphatic rings. The van der Waals surface area contributed by atoms with Gasteiger partial charge in [0.25, 0.3) is 0 Å². The highest BCUT2D eigenvalue weighted by molar-refractivity contribution is 9.09. The molecule has 19 heavy (non-hydrogen) atoms. The Morgan fingerprint density at radius 3 is 2.21 bits per heavy atom.